The summed E-state index contributed by atoms with van der Waals surface area (Å²) in [7, 11) is 1.85. The molecule has 4 nitrogen and oxygen atoms in total. The van der Waals surface area contributed by atoms with Crippen LogP contribution in [-0.4, -0.2) is 49.6 Å². The van der Waals surface area contributed by atoms with E-state index in [4.69, 9.17) is 0 Å². The Balaban J connectivity index is 1.38. The van der Waals surface area contributed by atoms with Crippen LogP contribution in [-0.2, 0) is 4.79 Å². The standard InChI is InChI=1S/C28H37F2N3O/c1-3-4-27(31-2)28(34)32-26-14-9-21-17-33(18-25(21)26)16-15-24(19-5-10-22(29)11-6-19)20-7-12-23(30)13-8-20/h5-8,10-13,21,24-27,31H,3-4,9,14-18H2,1-2H3,(H,32,34)/t21-,25+,26+,27+/m1/s1. The van der Waals surface area contributed by atoms with Gasteiger partial charge in [-0.25, -0.2) is 8.78 Å². The Labute approximate surface area is 202 Å². The van der Waals surface area contributed by atoms with E-state index in [0.717, 1.165) is 62.9 Å². The van der Waals surface area contributed by atoms with E-state index < -0.39 is 0 Å². The smallest absolute Gasteiger partial charge is 0.237 e. The van der Waals surface area contributed by atoms with Crippen LogP contribution in [0, 0.1) is 23.5 Å². The van der Waals surface area contributed by atoms with Crippen LogP contribution in [0.15, 0.2) is 48.5 Å². The number of hydrogen-bond donors (Lipinski definition) is 2. The van der Waals surface area contributed by atoms with Crippen LogP contribution in [0.3, 0.4) is 0 Å². The number of nitrogens with zero attached hydrogens (tertiary/aromatic N) is 1. The van der Waals surface area contributed by atoms with Crippen molar-refractivity contribution in [2.24, 2.45) is 11.8 Å². The molecule has 2 aliphatic rings. The molecule has 0 aromatic heterocycles. The Morgan fingerprint density at radius 1 is 0.971 bits per heavy atom. The first-order valence-corrected chi connectivity index (χ1v) is 12.7. The SMILES string of the molecule is CCC[C@H](NC)C(=O)N[C@H]1CC[C@@H]2CN(CCC(c3ccc(F)cc3)c3ccc(F)cc3)C[C@@H]21. The molecule has 184 valence electrons. The molecule has 4 rings (SSSR count). The van der Waals surface area contributed by atoms with Gasteiger partial charge in [0.05, 0.1) is 6.04 Å². The summed E-state index contributed by atoms with van der Waals surface area (Å²) in [5.74, 6) is 0.838. The Hall–Kier alpha value is -2.31. The van der Waals surface area contributed by atoms with Crippen LogP contribution in [0.4, 0.5) is 8.78 Å². The number of fused-ring (bicyclic) bond motifs is 1. The molecule has 2 N–H and O–H groups in total. The molecule has 0 radical (unpaired) electrons. The van der Waals surface area contributed by atoms with Gasteiger partial charge in [-0.1, -0.05) is 37.6 Å². The second-order valence-electron chi connectivity index (χ2n) is 9.95. The molecule has 0 unspecified atom stereocenters. The Morgan fingerprint density at radius 2 is 1.59 bits per heavy atom. The van der Waals surface area contributed by atoms with Gasteiger partial charge in [0.2, 0.25) is 5.91 Å². The summed E-state index contributed by atoms with van der Waals surface area (Å²) in [6.45, 7) is 5.07. The van der Waals surface area contributed by atoms with Crippen molar-refractivity contribution in [1.29, 1.82) is 0 Å². The molecule has 0 bridgehead atoms. The lowest BCUT2D eigenvalue weighted by molar-refractivity contribution is -0.124. The zero-order valence-electron chi connectivity index (χ0n) is 20.3. The van der Waals surface area contributed by atoms with Crippen LogP contribution in [0.1, 0.15) is 56.1 Å². The molecule has 2 aromatic carbocycles. The van der Waals surface area contributed by atoms with Gasteiger partial charge in [0, 0.05) is 25.0 Å². The Bertz CT molecular complexity index is 888. The van der Waals surface area contributed by atoms with Gasteiger partial charge in [-0.05, 0) is 86.5 Å². The lowest BCUT2D eigenvalue weighted by atomic mass is 9.88. The maximum atomic E-state index is 13.5. The fourth-order valence-electron chi connectivity index (χ4n) is 5.93. The van der Waals surface area contributed by atoms with E-state index in [-0.39, 0.29) is 35.5 Å². The number of rotatable bonds is 10. The number of halogens is 2. The average molecular weight is 470 g/mol. The number of amides is 1. The molecule has 1 aliphatic carbocycles. The molecule has 2 fully saturated rings. The maximum absolute atomic E-state index is 13.5. The molecule has 34 heavy (non-hydrogen) atoms. The minimum atomic E-state index is -0.249. The molecule has 1 heterocycles. The predicted octanol–water partition coefficient (Wildman–Crippen LogP) is 4.70. The number of hydrogen-bond acceptors (Lipinski definition) is 3. The number of likely N-dealkylation sites (N-methyl/N-ethyl adjacent to an activating group) is 1. The van der Waals surface area contributed by atoms with Gasteiger partial charge in [-0.2, -0.15) is 0 Å². The summed E-state index contributed by atoms with van der Waals surface area (Å²) in [5, 5.41) is 6.48. The molecule has 0 spiro atoms. The normalized spacial score (nSPS) is 23.3. The summed E-state index contributed by atoms with van der Waals surface area (Å²) in [6, 6.07) is 13.5. The third-order valence-corrected chi connectivity index (χ3v) is 7.78. The highest BCUT2D eigenvalue weighted by Crippen LogP contribution is 2.39. The highest BCUT2D eigenvalue weighted by Gasteiger charge is 2.43. The van der Waals surface area contributed by atoms with Gasteiger partial charge < -0.3 is 15.5 Å². The van der Waals surface area contributed by atoms with Crippen molar-refractivity contribution >= 4 is 5.91 Å². The van der Waals surface area contributed by atoms with E-state index in [2.05, 4.69) is 22.5 Å². The van der Waals surface area contributed by atoms with E-state index in [1.54, 1.807) is 0 Å². The van der Waals surface area contributed by atoms with Crippen molar-refractivity contribution in [3.8, 4) is 0 Å². The van der Waals surface area contributed by atoms with Crippen LogP contribution >= 0.6 is 0 Å². The second-order valence-corrected chi connectivity index (χ2v) is 9.95. The summed E-state index contributed by atoms with van der Waals surface area (Å²) < 4.78 is 27.0. The van der Waals surface area contributed by atoms with Gasteiger partial charge in [0.25, 0.3) is 0 Å². The van der Waals surface area contributed by atoms with Crippen LogP contribution < -0.4 is 10.6 Å². The zero-order chi connectivity index (χ0) is 24.1. The van der Waals surface area contributed by atoms with E-state index in [0.29, 0.717) is 11.8 Å². The first-order chi connectivity index (χ1) is 16.5. The first-order valence-electron chi connectivity index (χ1n) is 12.7. The zero-order valence-corrected chi connectivity index (χ0v) is 20.3. The number of benzene rings is 2. The van der Waals surface area contributed by atoms with Crippen LogP contribution in [0.25, 0.3) is 0 Å². The van der Waals surface area contributed by atoms with E-state index in [9.17, 15) is 13.6 Å². The van der Waals surface area contributed by atoms with Crippen LogP contribution in [0.5, 0.6) is 0 Å². The predicted molar refractivity (Wildman–Crippen MR) is 132 cm³/mol. The highest BCUT2D eigenvalue weighted by atomic mass is 19.1. The summed E-state index contributed by atoms with van der Waals surface area (Å²) in [4.78, 5) is 15.2. The fraction of sp³-hybridized carbons (Fsp3) is 0.536. The van der Waals surface area contributed by atoms with Crippen molar-refractivity contribution < 1.29 is 13.6 Å². The number of likely N-dealkylation sites (tertiary alicyclic amines) is 1. The third kappa shape index (κ3) is 5.84. The monoisotopic (exact) mass is 469 g/mol. The average Bonchev–Trinajstić information content (AvgIpc) is 3.41. The molecule has 1 amide bonds. The third-order valence-electron chi connectivity index (χ3n) is 7.78. The van der Waals surface area contributed by atoms with E-state index in [1.807, 2.05) is 31.3 Å². The fourth-order valence-corrected chi connectivity index (χ4v) is 5.93. The van der Waals surface area contributed by atoms with Crippen molar-refractivity contribution in [1.82, 2.24) is 15.5 Å². The molecule has 1 saturated heterocycles. The Kier molecular flexibility index (Phi) is 8.32. The Morgan fingerprint density at radius 3 is 2.15 bits per heavy atom. The summed E-state index contributed by atoms with van der Waals surface area (Å²) >= 11 is 0. The van der Waals surface area contributed by atoms with Crippen molar-refractivity contribution in [2.45, 2.75) is 57.0 Å². The topological polar surface area (TPSA) is 44.4 Å². The van der Waals surface area contributed by atoms with Gasteiger partial charge in [-0.3, -0.25) is 4.79 Å². The number of carbonyl (C=O) groups excluding carboxylic acids is 1. The maximum Gasteiger partial charge on any atom is 0.237 e. The molecule has 6 heteroatoms. The molecule has 2 aromatic rings. The lowest BCUT2D eigenvalue weighted by Crippen LogP contribution is -2.48. The minimum absolute atomic E-state index is 0.0857. The van der Waals surface area contributed by atoms with Gasteiger partial charge in [0.15, 0.2) is 0 Å². The summed E-state index contributed by atoms with van der Waals surface area (Å²) in [6.07, 6.45) is 4.93. The van der Waals surface area contributed by atoms with E-state index in [1.165, 1.54) is 24.3 Å². The molecule has 4 atom stereocenters. The lowest BCUT2D eigenvalue weighted by Gasteiger charge is -2.25. The second kappa shape index (κ2) is 11.4. The van der Waals surface area contributed by atoms with Gasteiger partial charge in [-0.15, -0.1) is 0 Å². The quantitative estimate of drug-likeness (QED) is 0.530. The van der Waals surface area contributed by atoms with Crippen molar-refractivity contribution in [3.05, 3.63) is 71.3 Å². The minimum Gasteiger partial charge on any atom is -0.352 e. The molecular formula is C28H37F2N3O. The van der Waals surface area contributed by atoms with Crippen LogP contribution in [0.2, 0.25) is 0 Å². The largest absolute Gasteiger partial charge is 0.352 e. The number of nitrogens with one attached hydrogen (secondary N) is 2. The first kappa shape index (κ1) is 24.8. The molecular weight excluding hydrogens is 432 g/mol. The molecule has 1 aliphatic heterocycles. The number of carbonyl (C=O) groups is 1. The van der Waals surface area contributed by atoms with Crippen molar-refractivity contribution in [2.75, 3.05) is 26.7 Å². The van der Waals surface area contributed by atoms with Gasteiger partial charge in [0.1, 0.15) is 11.6 Å². The van der Waals surface area contributed by atoms with Crippen molar-refractivity contribution in [3.63, 3.8) is 0 Å². The van der Waals surface area contributed by atoms with Gasteiger partial charge >= 0.3 is 0 Å². The highest BCUT2D eigenvalue weighted by molar-refractivity contribution is 5.82. The molecule has 1 saturated carbocycles. The summed E-state index contributed by atoms with van der Waals surface area (Å²) in [5.41, 5.74) is 2.10. The van der Waals surface area contributed by atoms with E-state index >= 15 is 0 Å².